The highest BCUT2D eigenvalue weighted by atomic mass is 35.5. The van der Waals surface area contributed by atoms with Gasteiger partial charge in [0.05, 0.1) is 21.6 Å². The molecule has 1 N–H and O–H groups in total. The first-order valence-electron chi connectivity index (χ1n) is 6.41. The summed E-state index contributed by atoms with van der Waals surface area (Å²) in [6.45, 7) is 1.54. The van der Waals surface area contributed by atoms with E-state index in [1.54, 1.807) is 0 Å². The zero-order valence-electron chi connectivity index (χ0n) is 11.8. The predicted octanol–water partition coefficient (Wildman–Crippen LogP) is 4.04. The van der Waals surface area contributed by atoms with Crippen molar-refractivity contribution >= 4 is 33.2 Å². The van der Waals surface area contributed by atoms with Gasteiger partial charge in [0.1, 0.15) is 5.82 Å². The number of nitrogens with one attached hydrogen (secondary N) is 1. The molecule has 0 radical (unpaired) electrons. The van der Waals surface area contributed by atoms with Gasteiger partial charge < -0.3 is 0 Å². The van der Waals surface area contributed by atoms with Gasteiger partial charge in [0.25, 0.3) is 0 Å². The largest absolute Gasteiger partial charge is 0.241 e. The molecule has 2 aromatic rings. The third-order valence-electron chi connectivity index (χ3n) is 3.13. The lowest BCUT2D eigenvalue weighted by Gasteiger charge is -2.16. The third-order valence-corrected chi connectivity index (χ3v) is 5.31. The maximum Gasteiger partial charge on any atom is 0.241 e. The van der Waals surface area contributed by atoms with E-state index in [1.165, 1.54) is 37.3 Å². The van der Waals surface area contributed by atoms with Crippen molar-refractivity contribution in [2.24, 2.45) is 0 Å². The lowest BCUT2D eigenvalue weighted by atomic mass is 10.1. The van der Waals surface area contributed by atoms with Crippen LogP contribution < -0.4 is 4.72 Å². The molecule has 0 spiro atoms. The van der Waals surface area contributed by atoms with Crippen LogP contribution in [-0.4, -0.2) is 8.42 Å². The SMILES string of the molecule is C[C@@H](NS(=O)(=O)c1ccc(C#N)cc1)c1cc(F)c(Cl)cc1Cl. The summed E-state index contributed by atoms with van der Waals surface area (Å²) in [6.07, 6.45) is 0. The number of hydrogen-bond donors (Lipinski definition) is 1. The zero-order valence-corrected chi connectivity index (χ0v) is 14.2. The third kappa shape index (κ3) is 4.01. The van der Waals surface area contributed by atoms with E-state index in [-0.39, 0.29) is 20.5 Å². The Labute approximate surface area is 143 Å². The Bertz CT molecular complexity index is 878. The van der Waals surface area contributed by atoms with E-state index in [4.69, 9.17) is 28.5 Å². The summed E-state index contributed by atoms with van der Waals surface area (Å²) < 4.78 is 40.6. The summed E-state index contributed by atoms with van der Waals surface area (Å²) in [5.41, 5.74) is 0.616. The normalized spacial score (nSPS) is 12.7. The van der Waals surface area contributed by atoms with Crippen LogP contribution in [0.2, 0.25) is 10.0 Å². The van der Waals surface area contributed by atoms with E-state index < -0.39 is 21.9 Å². The van der Waals surface area contributed by atoms with Crippen LogP contribution in [0.4, 0.5) is 4.39 Å². The fraction of sp³-hybridized carbons (Fsp3) is 0.133. The van der Waals surface area contributed by atoms with Gasteiger partial charge in [-0.3, -0.25) is 0 Å². The highest BCUT2D eigenvalue weighted by Gasteiger charge is 2.21. The first kappa shape index (κ1) is 17.7. The van der Waals surface area contributed by atoms with Gasteiger partial charge in [-0.05, 0) is 48.9 Å². The summed E-state index contributed by atoms with van der Waals surface area (Å²) >= 11 is 11.6. The molecule has 0 heterocycles. The number of nitrogens with zero attached hydrogens (tertiary/aromatic N) is 1. The smallest absolute Gasteiger partial charge is 0.207 e. The minimum atomic E-state index is -3.85. The topological polar surface area (TPSA) is 70.0 Å². The summed E-state index contributed by atoms with van der Waals surface area (Å²) in [6, 6.07) is 8.88. The van der Waals surface area contributed by atoms with Gasteiger partial charge in [0.15, 0.2) is 0 Å². The Morgan fingerprint density at radius 3 is 2.35 bits per heavy atom. The molecular formula is C15H11Cl2FN2O2S. The van der Waals surface area contributed by atoms with Gasteiger partial charge >= 0.3 is 0 Å². The number of halogens is 3. The molecule has 0 amide bonds. The quantitative estimate of drug-likeness (QED) is 0.823. The molecule has 2 rings (SSSR count). The zero-order chi connectivity index (χ0) is 17.2. The molecule has 0 bridgehead atoms. The number of sulfonamides is 1. The fourth-order valence-electron chi connectivity index (χ4n) is 1.94. The first-order chi connectivity index (χ1) is 10.7. The molecule has 0 saturated heterocycles. The van der Waals surface area contributed by atoms with Crippen LogP contribution in [-0.2, 0) is 10.0 Å². The number of nitriles is 1. The maximum atomic E-state index is 13.6. The fourth-order valence-corrected chi connectivity index (χ4v) is 3.71. The highest BCUT2D eigenvalue weighted by molar-refractivity contribution is 7.89. The second kappa shape index (κ2) is 6.85. The molecule has 0 saturated carbocycles. The summed E-state index contributed by atoms with van der Waals surface area (Å²) in [4.78, 5) is -0.00564. The van der Waals surface area contributed by atoms with E-state index in [0.717, 1.165) is 6.07 Å². The van der Waals surface area contributed by atoms with E-state index in [9.17, 15) is 12.8 Å². The minimum absolute atomic E-state index is 0.00564. The number of hydrogen-bond acceptors (Lipinski definition) is 3. The molecule has 23 heavy (non-hydrogen) atoms. The Morgan fingerprint density at radius 2 is 1.78 bits per heavy atom. The van der Waals surface area contributed by atoms with Crippen molar-refractivity contribution in [2.75, 3.05) is 0 Å². The van der Waals surface area contributed by atoms with Gasteiger partial charge in [0, 0.05) is 11.1 Å². The standard InChI is InChI=1S/C15H11Cl2FN2O2S/c1-9(12-6-15(18)14(17)7-13(12)16)20-23(21,22)11-4-2-10(8-19)3-5-11/h2-7,9,20H,1H3/t9-/m1/s1. The molecule has 1 atom stereocenters. The van der Waals surface area contributed by atoms with Gasteiger partial charge in [-0.1, -0.05) is 23.2 Å². The van der Waals surface area contributed by atoms with Crippen LogP contribution in [0, 0.1) is 17.1 Å². The van der Waals surface area contributed by atoms with Gasteiger partial charge in [0.2, 0.25) is 10.0 Å². The van der Waals surface area contributed by atoms with Gasteiger partial charge in [-0.15, -0.1) is 0 Å². The molecular weight excluding hydrogens is 362 g/mol. The average Bonchev–Trinajstić information content (AvgIpc) is 2.50. The monoisotopic (exact) mass is 372 g/mol. The first-order valence-corrected chi connectivity index (χ1v) is 8.65. The second-order valence-electron chi connectivity index (χ2n) is 4.77. The van der Waals surface area contributed by atoms with Crippen molar-refractivity contribution in [3.05, 3.63) is 63.4 Å². The Kier molecular flexibility index (Phi) is 5.27. The molecule has 0 aliphatic heterocycles. The molecule has 0 aromatic heterocycles. The van der Waals surface area contributed by atoms with Crippen LogP contribution in [0.3, 0.4) is 0 Å². The highest BCUT2D eigenvalue weighted by Crippen LogP contribution is 2.29. The van der Waals surface area contributed by atoms with Crippen molar-refractivity contribution in [1.82, 2.24) is 4.72 Å². The lowest BCUT2D eigenvalue weighted by Crippen LogP contribution is -2.27. The van der Waals surface area contributed by atoms with Crippen LogP contribution in [0.1, 0.15) is 24.1 Å². The predicted molar refractivity (Wildman–Crippen MR) is 86.3 cm³/mol. The van der Waals surface area contributed by atoms with Crippen molar-refractivity contribution in [1.29, 1.82) is 5.26 Å². The molecule has 0 unspecified atom stereocenters. The Hall–Kier alpha value is -1.65. The summed E-state index contributed by atoms with van der Waals surface area (Å²) in [7, 11) is -3.85. The molecule has 8 heteroatoms. The summed E-state index contributed by atoms with van der Waals surface area (Å²) in [5, 5.41) is 8.75. The van der Waals surface area contributed by atoms with Crippen molar-refractivity contribution in [2.45, 2.75) is 17.9 Å². The molecule has 0 aliphatic carbocycles. The van der Waals surface area contributed by atoms with Crippen LogP contribution in [0.5, 0.6) is 0 Å². The lowest BCUT2D eigenvalue weighted by molar-refractivity contribution is 0.564. The molecule has 4 nitrogen and oxygen atoms in total. The minimum Gasteiger partial charge on any atom is -0.207 e. The molecule has 120 valence electrons. The van der Waals surface area contributed by atoms with E-state index >= 15 is 0 Å². The molecule has 0 fully saturated rings. The van der Waals surface area contributed by atoms with Crippen LogP contribution >= 0.6 is 23.2 Å². The van der Waals surface area contributed by atoms with Crippen molar-refractivity contribution < 1.29 is 12.8 Å². The van der Waals surface area contributed by atoms with Crippen LogP contribution in [0.25, 0.3) is 0 Å². The summed E-state index contributed by atoms with van der Waals surface area (Å²) in [5.74, 6) is -0.685. The average molecular weight is 373 g/mol. The van der Waals surface area contributed by atoms with Crippen molar-refractivity contribution in [3.63, 3.8) is 0 Å². The Balaban J connectivity index is 2.29. The van der Waals surface area contributed by atoms with Crippen LogP contribution in [0.15, 0.2) is 41.3 Å². The van der Waals surface area contributed by atoms with E-state index in [2.05, 4.69) is 4.72 Å². The van der Waals surface area contributed by atoms with Gasteiger partial charge in [-0.2, -0.15) is 5.26 Å². The van der Waals surface area contributed by atoms with E-state index in [0.29, 0.717) is 5.56 Å². The van der Waals surface area contributed by atoms with Gasteiger partial charge in [-0.25, -0.2) is 17.5 Å². The molecule has 0 aliphatic rings. The number of rotatable bonds is 4. The second-order valence-corrected chi connectivity index (χ2v) is 7.30. The van der Waals surface area contributed by atoms with E-state index in [1.807, 2.05) is 6.07 Å². The Morgan fingerprint density at radius 1 is 1.17 bits per heavy atom. The van der Waals surface area contributed by atoms with Crippen molar-refractivity contribution in [3.8, 4) is 6.07 Å². The maximum absolute atomic E-state index is 13.6. The number of benzene rings is 2. The molecule has 2 aromatic carbocycles.